The molecule has 0 fully saturated rings. The molecule has 0 saturated heterocycles. The van der Waals surface area contributed by atoms with Gasteiger partial charge in [0.25, 0.3) is 0 Å². The average Bonchev–Trinajstić information content (AvgIpc) is 2.25. The second-order valence-corrected chi connectivity index (χ2v) is 5.19. The highest BCUT2D eigenvalue weighted by Gasteiger charge is 2.13. The normalized spacial score (nSPS) is 10.2. The summed E-state index contributed by atoms with van der Waals surface area (Å²) in [4.78, 5) is 11.6. The van der Waals surface area contributed by atoms with Crippen molar-refractivity contribution in [3.63, 3.8) is 0 Å². The minimum absolute atomic E-state index is 0.0464. The molecule has 1 N–H and O–H groups in total. The van der Waals surface area contributed by atoms with Gasteiger partial charge in [-0.05, 0) is 32.9 Å². The largest absolute Gasteiger partial charge is 0.351 e. The Hall–Kier alpha value is -2.01. The fourth-order valence-electron chi connectivity index (χ4n) is 1.38. The summed E-state index contributed by atoms with van der Waals surface area (Å²) in [6.07, 6.45) is 0.247. The molecule has 1 aromatic carbocycles. The van der Waals surface area contributed by atoms with Gasteiger partial charge >= 0.3 is 0 Å². The van der Waals surface area contributed by atoms with E-state index < -0.39 is 0 Å². The summed E-state index contributed by atoms with van der Waals surface area (Å²) in [5.41, 5.74) is 1.33. The summed E-state index contributed by atoms with van der Waals surface area (Å²) < 4.78 is 0. The fourth-order valence-corrected chi connectivity index (χ4v) is 1.38. The molecule has 18 heavy (non-hydrogen) atoms. The molecule has 2 nitrogen and oxygen atoms in total. The Bertz CT molecular complexity index is 483. The van der Waals surface area contributed by atoms with Gasteiger partial charge in [-0.3, -0.25) is 4.79 Å². The number of hydrogen-bond acceptors (Lipinski definition) is 1. The van der Waals surface area contributed by atoms with Gasteiger partial charge in [0.2, 0.25) is 5.91 Å². The van der Waals surface area contributed by atoms with E-state index in [4.69, 9.17) is 0 Å². The topological polar surface area (TPSA) is 29.1 Å². The monoisotopic (exact) mass is 241 g/mol. The van der Waals surface area contributed by atoms with Crippen LogP contribution in [0.25, 0.3) is 0 Å². The molecule has 0 unspecified atom stereocenters. The molecule has 0 saturated carbocycles. The molecule has 2 heteroatoms. The van der Waals surface area contributed by atoms with Crippen LogP contribution in [0.5, 0.6) is 0 Å². The number of benzene rings is 1. The highest BCUT2D eigenvalue weighted by atomic mass is 16.1. The summed E-state index contributed by atoms with van der Waals surface area (Å²) in [6.45, 7) is 9.65. The van der Waals surface area contributed by atoms with Gasteiger partial charge in [0.15, 0.2) is 0 Å². The summed E-state index contributed by atoms with van der Waals surface area (Å²) >= 11 is 0. The van der Waals surface area contributed by atoms with Crippen molar-refractivity contribution in [2.24, 2.45) is 0 Å². The highest BCUT2D eigenvalue weighted by molar-refractivity contribution is 5.80. The van der Waals surface area contributed by atoms with Crippen LogP contribution in [0.15, 0.2) is 42.5 Å². The zero-order valence-electron chi connectivity index (χ0n) is 11.2. The predicted molar refractivity (Wildman–Crippen MR) is 75.0 cm³/mol. The maximum absolute atomic E-state index is 11.6. The maximum Gasteiger partial charge on any atom is 0.225 e. The Morgan fingerprint density at radius 3 is 2.44 bits per heavy atom. The van der Waals surface area contributed by atoms with E-state index >= 15 is 0 Å². The molecule has 0 spiro atoms. The van der Waals surface area contributed by atoms with Crippen molar-refractivity contribution >= 4 is 5.91 Å². The lowest BCUT2D eigenvalue weighted by atomic mass is 10.1. The summed E-state index contributed by atoms with van der Waals surface area (Å²) in [5, 5.41) is 2.88. The van der Waals surface area contributed by atoms with Crippen LogP contribution in [0, 0.1) is 11.8 Å². The molecule has 0 aliphatic rings. The maximum atomic E-state index is 11.6. The average molecular weight is 241 g/mol. The smallest absolute Gasteiger partial charge is 0.225 e. The molecule has 1 rings (SSSR count). The first-order chi connectivity index (χ1) is 8.37. The minimum Gasteiger partial charge on any atom is -0.351 e. The van der Waals surface area contributed by atoms with Crippen LogP contribution in [-0.2, 0) is 4.79 Å². The quantitative estimate of drug-likeness (QED) is 0.793. The standard InChI is InChI=1S/C16H19NO/c1-13(12-15(18)17-16(2,3)4)10-11-14-8-6-5-7-9-14/h5-9H,1,12H2,2-4H3,(H,17,18). The van der Waals surface area contributed by atoms with E-state index in [0.717, 1.165) is 5.56 Å². The van der Waals surface area contributed by atoms with Crippen molar-refractivity contribution in [2.75, 3.05) is 0 Å². The van der Waals surface area contributed by atoms with Gasteiger partial charge in [-0.15, -0.1) is 0 Å². The van der Waals surface area contributed by atoms with Gasteiger partial charge in [-0.1, -0.05) is 36.6 Å². The third kappa shape index (κ3) is 5.91. The Morgan fingerprint density at radius 2 is 1.89 bits per heavy atom. The highest BCUT2D eigenvalue weighted by Crippen LogP contribution is 2.03. The van der Waals surface area contributed by atoms with Crippen molar-refractivity contribution in [3.8, 4) is 11.8 Å². The lowest BCUT2D eigenvalue weighted by molar-refractivity contribution is -0.121. The third-order valence-electron chi connectivity index (χ3n) is 2.05. The summed E-state index contributed by atoms with van der Waals surface area (Å²) in [5.74, 6) is 5.85. The molecule has 0 aliphatic heterocycles. The van der Waals surface area contributed by atoms with Crippen LogP contribution in [0.2, 0.25) is 0 Å². The van der Waals surface area contributed by atoms with Crippen molar-refractivity contribution in [2.45, 2.75) is 32.7 Å². The van der Waals surface area contributed by atoms with E-state index in [1.54, 1.807) is 0 Å². The van der Waals surface area contributed by atoms with Crippen molar-refractivity contribution in [1.82, 2.24) is 5.32 Å². The fraction of sp³-hybridized carbons (Fsp3) is 0.312. The molecule has 0 bridgehead atoms. The van der Waals surface area contributed by atoms with Gasteiger partial charge in [0.05, 0.1) is 6.42 Å². The van der Waals surface area contributed by atoms with E-state index in [0.29, 0.717) is 5.57 Å². The number of amides is 1. The first-order valence-electron chi connectivity index (χ1n) is 5.93. The van der Waals surface area contributed by atoms with E-state index in [1.165, 1.54) is 0 Å². The second-order valence-electron chi connectivity index (χ2n) is 5.19. The van der Waals surface area contributed by atoms with Crippen molar-refractivity contribution in [3.05, 3.63) is 48.0 Å². The first kappa shape index (κ1) is 14.1. The van der Waals surface area contributed by atoms with E-state index in [2.05, 4.69) is 23.7 Å². The lowest BCUT2D eigenvalue weighted by Crippen LogP contribution is -2.40. The van der Waals surface area contributed by atoms with Gasteiger partial charge in [-0.2, -0.15) is 0 Å². The molecular weight excluding hydrogens is 222 g/mol. The van der Waals surface area contributed by atoms with Crippen LogP contribution in [0.3, 0.4) is 0 Å². The zero-order chi connectivity index (χ0) is 13.6. The number of hydrogen-bond donors (Lipinski definition) is 1. The number of carbonyl (C=O) groups excluding carboxylic acids is 1. The number of nitrogens with one attached hydrogen (secondary N) is 1. The molecular formula is C16H19NO. The lowest BCUT2D eigenvalue weighted by Gasteiger charge is -2.20. The summed E-state index contributed by atoms with van der Waals surface area (Å²) in [7, 11) is 0. The zero-order valence-corrected chi connectivity index (χ0v) is 11.2. The van der Waals surface area contributed by atoms with Crippen LogP contribution >= 0.6 is 0 Å². The Labute approximate surface area is 109 Å². The number of rotatable bonds is 2. The van der Waals surface area contributed by atoms with Crippen molar-refractivity contribution in [1.29, 1.82) is 0 Å². The van der Waals surface area contributed by atoms with Crippen molar-refractivity contribution < 1.29 is 4.79 Å². The van der Waals surface area contributed by atoms with Gasteiger partial charge in [0, 0.05) is 16.7 Å². The molecule has 1 aromatic rings. The molecule has 1 amide bonds. The van der Waals surface area contributed by atoms with Crippen LogP contribution < -0.4 is 5.32 Å². The molecule has 0 heterocycles. The van der Waals surface area contributed by atoms with Gasteiger partial charge in [-0.25, -0.2) is 0 Å². The van der Waals surface area contributed by atoms with Crippen LogP contribution in [0.4, 0.5) is 0 Å². The Morgan fingerprint density at radius 1 is 1.28 bits per heavy atom. The first-order valence-corrected chi connectivity index (χ1v) is 5.93. The van der Waals surface area contributed by atoms with E-state index in [1.807, 2.05) is 51.1 Å². The second kappa shape index (κ2) is 6.07. The molecule has 0 radical (unpaired) electrons. The van der Waals surface area contributed by atoms with Gasteiger partial charge < -0.3 is 5.32 Å². The predicted octanol–water partition coefficient (Wildman–Crippen LogP) is 2.90. The van der Waals surface area contributed by atoms with E-state index in [9.17, 15) is 4.79 Å². The molecule has 0 aromatic heterocycles. The number of carbonyl (C=O) groups is 1. The Balaban J connectivity index is 2.53. The van der Waals surface area contributed by atoms with Gasteiger partial charge in [0.1, 0.15) is 0 Å². The van der Waals surface area contributed by atoms with E-state index in [-0.39, 0.29) is 17.9 Å². The van der Waals surface area contributed by atoms with Crippen LogP contribution in [0.1, 0.15) is 32.8 Å². The van der Waals surface area contributed by atoms with Crippen LogP contribution in [-0.4, -0.2) is 11.4 Å². The molecule has 0 aliphatic carbocycles. The Kier molecular flexibility index (Phi) is 4.74. The summed E-state index contributed by atoms with van der Waals surface area (Å²) in [6, 6.07) is 9.65. The minimum atomic E-state index is -0.218. The third-order valence-corrected chi connectivity index (χ3v) is 2.05. The molecule has 0 atom stereocenters. The molecule has 94 valence electrons. The SMILES string of the molecule is C=C(C#Cc1ccccc1)CC(=O)NC(C)(C)C.